The maximum atomic E-state index is 13.3. The number of aromatic nitrogens is 2. The van der Waals surface area contributed by atoms with Crippen molar-refractivity contribution in [2.75, 3.05) is 13.1 Å². The molecule has 0 unspecified atom stereocenters. The molecule has 1 fully saturated rings. The fourth-order valence-corrected chi connectivity index (χ4v) is 3.94. The van der Waals surface area contributed by atoms with Crippen molar-refractivity contribution in [3.8, 4) is 17.2 Å². The Morgan fingerprint density at radius 1 is 1.17 bits per heavy atom. The number of pyridine rings is 1. The third-order valence-corrected chi connectivity index (χ3v) is 5.52. The van der Waals surface area contributed by atoms with Crippen LogP contribution >= 0.6 is 11.6 Å². The van der Waals surface area contributed by atoms with Gasteiger partial charge >= 0.3 is 6.29 Å². The second-order valence-electron chi connectivity index (χ2n) is 7.21. The molecule has 2 aliphatic rings. The zero-order valence-corrected chi connectivity index (χ0v) is 16.2. The van der Waals surface area contributed by atoms with Crippen LogP contribution in [0, 0.1) is 0 Å². The van der Waals surface area contributed by atoms with Gasteiger partial charge in [-0.15, -0.1) is 8.78 Å². The highest BCUT2D eigenvalue weighted by Gasteiger charge is 2.43. The van der Waals surface area contributed by atoms with Crippen LogP contribution in [0.3, 0.4) is 0 Å². The number of likely N-dealkylation sites (tertiary alicyclic amines) is 1. The van der Waals surface area contributed by atoms with Gasteiger partial charge in [0.05, 0.1) is 16.3 Å². The van der Waals surface area contributed by atoms with Crippen LogP contribution in [0.4, 0.5) is 13.2 Å². The molecule has 5 rings (SSSR count). The number of ether oxygens (including phenoxy) is 2. The molecule has 10 heteroatoms. The van der Waals surface area contributed by atoms with E-state index < -0.39 is 12.5 Å². The second kappa shape index (κ2) is 6.80. The molecule has 0 saturated carbocycles. The highest BCUT2D eigenvalue weighted by Crippen LogP contribution is 2.42. The van der Waals surface area contributed by atoms with Crippen LogP contribution < -0.4 is 9.47 Å². The van der Waals surface area contributed by atoms with Crippen LogP contribution in [0.25, 0.3) is 16.7 Å². The number of hydrogen-bond donors (Lipinski definition) is 0. The van der Waals surface area contributed by atoms with Crippen LogP contribution in [-0.4, -0.2) is 45.9 Å². The van der Waals surface area contributed by atoms with Gasteiger partial charge in [-0.2, -0.15) is 0 Å². The maximum Gasteiger partial charge on any atom is 0.586 e. The summed E-state index contributed by atoms with van der Waals surface area (Å²) < 4.78 is 50.4. The molecule has 0 aliphatic carbocycles. The minimum absolute atomic E-state index is 0.0656. The summed E-state index contributed by atoms with van der Waals surface area (Å²) in [4.78, 5) is 18.7. The Morgan fingerprint density at radius 3 is 2.67 bits per heavy atom. The zero-order valence-electron chi connectivity index (χ0n) is 15.4. The van der Waals surface area contributed by atoms with Crippen LogP contribution in [0.15, 0.2) is 36.7 Å². The van der Waals surface area contributed by atoms with Gasteiger partial charge in [-0.25, -0.2) is 9.37 Å². The largest absolute Gasteiger partial charge is 0.586 e. The van der Waals surface area contributed by atoms with Gasteiger partial charge in [0.15, 0.2) is 11.5 Å². The van der Waals surface area contributed by atoms with Gasteiger partial charge in [-0.05, 0) is 31.0 Å². The molecule has 2 aromatic heterocycles. The van der Waals surface area contributed by atoms with Crippen molar-refractivity contribution < 1.29 is 27.4 Å². The van der Waals surface area contributed by atoms with E-state index in [0.29, 0.717) is 53.2 Å². The maximum absolute atomic E-state index is 13.3. The van der Waals surface area contributed by atoms with E-state index in [1.54, 1.807) is 27.8 Å². The first-order chi connectivity index (χ1) is 14.3. The third-order valence-electron chi connectivity index (χ3n) is 5.22. The van der Waals surface area contributed by atoms with Gasteiger partial charge in [0.1, 0.15) is 11.8 Å². The average molecular weight is 438 g/mol. The Labute approximate surface area is 173 Å². The minimum Gasteiger partial charge on any atom is -0.395 e. The van der Waals surface area contributed by atoms with E-state index in [4.69, 9.17) is 11.6 Å². The highest BCUT2D eigenvalue weighted by atomic mass is 35.5. The third kappa shape index (κ3) is 3.23. The van der Waals surface area contributed by atoms with Crippen molar-refractivity contribution in [2.24, 2.45) is 0 Å². The van der Waals surface area contributed by atoms with E-state index in [-0.39, 0.29) is 17.4 Å². The Morgan fingerprint density at radius 2 is 1.90 bits per heavy atom. The normalized spacial score (nSPS) is 18.2. The molecule has 156 valence electrons. The molecule has 6 nitrogen and oxygen atoms in total. The number of fused-ring (bicyclic) bond motifs is 2. The van der Waals surface area contributed by atoms with E-state index in [9.17, 15) is 18.0 Å². The summed E-state index contributed by atoms with van der Waals surface area (Å²) in [5.74, 6) is -0.395. The molecule has 0 atom stereocenters. The smallest absolute Gasteiger partial charge is 0.395 e. The van der Waals surface area contributed by atoms with Gasteiger partial charge < -0.3 is 14.4 Å². The van der Waals surface area contributed by atoms with Crippen LogP contribution in [0.5, 0.6) is 11.5 Å². The van der Waals surface area contributed by atoms with E-state index in [2.05, 4.69) is 14.5 Å². The molecule has 3 aromatic rings. The Kier molecular flexibility index (Phi) is 4.32. The van der Waals surface area contributed by atoms with E-state index in [0.717, 1.165) is 0 Å². The molecule has 1 saturated heterocycles. The van der Waals surface area contributed by atoms with Crippen molar-refractivity contribution in [3.05, 3.63) is 47.2 Å². The molecule has 1 aromatic carbocycles. The van der Waals surface area contributed by atoms with Crippen LogP contribution in [-0.2, 0) is 0 Å². The Bertz CT molecular complexity index is 1160. The van der Waals surface area contributed by atoms with Gasteiger partial charge in [-0.1, -0.05) is 11.6 Å². The summed E-state index contributed by atoms with van der Waals surface area (Å²) in [7, 11) is 0. The highest BCUT2D eigenvalue weighted by molar-refractivity contribution is 6.35. The number of amides is 1. The predicted octanol–water partition coefficient (Wildman–Crippen LogP) is 4.57. The number of carbonyl (C=O) groups is 1. The topological polar surface area (TPSA) is 56.6 Å². The predicted molar refractivity (Wildman–Crippen MR) is 102 cm³/mol. The van der Waals surface area contributed by atoms with Crippen molar-refractivity contribution in [1.29, 1.82) is 0 Å². The molecule has 0 spiro atoms. The van der Waals surface area contributed by atoms with E-state index in [1.165, 1.54) is 18.3 Å². The Hall–Kier alpha value is -2.94. The van der Waals surface area contributed by atoms with Gasteiger partial charge in [-0.3, -0.25) is 9.36 Å². The van der Waals surface area contributed by atoms with Crippen molar-refractivity contribution >= 4 is 28.5 Å². The number of halogens is 4. The SMILES string of the molecule is O=C(c1cnc2c(c1)c(Cl)cn2-c1ccc2c(c1)OC(F)(F)O2)N1CCC(F)CC1. The van der Waals surface area contributed by atoms with Crippen molar-refractivity contribution in [3.63, 3.8) is 0 Å². The van der Waals surface area contributed by atoms with Crippen LogP contribution in [0.1, 0.15) is 23.2 Å². The number of nitrogens with zero attached hydrogens (tertiary/aromatic N) is 3. The van der Waals surface area contributed by atoms with Crippen LogP contribution in [0.2, 0.25) is 5.02 Å². The molecule has 0 N–H and O–H groups in total. The first kappa shape index (κ1) is 19.0. The van der Waals surface area contributed by atoms with E-state index in [1.807, 2.05) is 0 Å². The molecule has 2 aliphatic heterocycles. The molecule has 1 amide bonds. The lowest BCUT2D eigenvalue weighted by molar-refractivity contribution is -0.286. The van der Waals surface area contributed by atoms with Gasteiger partial charge in [0.25, 0.3) is 5.91 Å². The number of alkyl halides is 3. The standard InChI is InChI=1S/C20H15ClF3N3O3/c21-15-10-27(13-1-2-16-17(8-13)30-20(23,24)29-16)18-14(15)7-11(9-25-18)19(28)26-5-3-12(22)4-6-26/h1-2,7-10,12H,3-6H2. The summed E-state index contributed by atoms with van der Waals surface area (Å²) in [5, 5.41) is 0.878. The molecule has 0 radical (unpaired) electrons. The molecule has 30 heavy (non-hydrogen) atoms. The lowest BCUT2D eigenvalue weighted by atomic mass is 10.1. The summed E-state index contributed by atoms with van der Waals surface area (Å²) in [6.07, 6.45) is -0.928. The molecular weight excluding hydrogens is 423 g/mol. The molecular formula is C20H15ClF3N3O3. The monoisotopic (exact) mass is 437 g/mol. The second-order valence-corrected chi connectivity index (χ2v) is 7.61. The summed E-state index contributed by atoms with van der Waals surface area (Å²) in [6.45, 7) is 0.712. The number of piperidine rings is 1. The minimum atomic E-state index is -3.71. The fourth-order valence-electron chi connectivity index (χ4n) is 3.70. The van der Waals surface area contributed by atoms with Gasteiger partial charge in [0.2, 0.25) is 0 Å². The number of rotatable bonds is 2. The van der Waals surface area contributed by atoms with Crippen molar-refractivity contribution in [1.82, 2.24) is 14.5 Å². The number of carbonyl (C=O) groups excluding carboxylic acids is 1. The lowest BCUT2D eigenvalue weighted by Crippen LogP contribution is -2.39. The summed E-state index contributed by atoms with van der Waals surface area (Å²) in [5.41, 5.74) is 1.29. The zero-order chi connectivity index (χ0) is 21.0. The van der Waals surface area contributed by atoms with E-state index >= 15 is 0 Å². The molecule has 4 heterocycles. The molecule has 0 bridgehead atoms. The van der Waals surface area contributed by atoms with Crippen molar-refractivity contribution in [2.45, 2.75) is 25.3 Å². The first-order valence-electron chi connectivity index (χ1n) is 9.31. The lowest BCUT2D eigenvalue weighted by Gasteiger charge is -2.28. The quantitative estimate of drug-likeness (QED) is 0.589. The number of hydrogen-bond acceptors (Lipinski definition) is 4. The Balaban J connectivity index is 1.48. The average Bonchev–Trinajstić information content (AvgIpc) is 3.22. The summed E-state index contributed by atoms with van der Waals surface area (Å²) in [6, 6.07) is 5.97. The first-order valence-corrected chi connectivity index (χ1v) is 9.69. The fraction of sp³-hybridized carbons (Fsp3) is 0.300. The van der Waals surface area contributed by atoms with Gasteiger partial charge in [0, 0.05) is 36.9 Å². The number of benzene rings is 1. The summed E-state index contributed by atoms with van der Waals surface area (Å²) >= 11 is 6.36.